The third-order valence-electron chi connectivity index (χ3n) is 3.70. The van der Waals surface area contributed by atoms with E-state index in [4.69, 9.17) is 14.7 Å². The summed E-state index contributed by atoms with van der Waals surface area (Å²) < 4.78 is 34.4. The van der Waals surface area contributed by atoms with Crippen LogP contribution in [0.1, 0.15) is 18.4 Å². The van der Waals surface area contributed by atoms with Crippen molar-refractivity contribution in [1.82, 2.24) is 0 Å². The monoisotopic (exact) mass is 279 g/mol. The zero-order valence-corrected chi connectivity index (χ0v) is 11.2. The number of sulfone groups is 1. The van der Waals surface area contributed by atoms with Gasteiger partial charge >= 0.3 is 0 Å². The lowest BCUT2D eigenvalue weighted by Gasteiger charge is -2.02. The Morgan fingerprint density at radius 2 is 2.11 bits per heavy atom. The highest BCUT2D eigenvalue weighted by Gasteiger charge is 2.58. The molecule has 100 valence electrons. The van der Waals surface area contributed by atoms with Crippen LogP contribution in [0.3, 0.4) is 0 Å². The van der Waals surface area contributed by atoms with Gasteiger partial charge in [-0.15, -0.1) is 0 Å². The van der Waals surface area contributed by atoms with Gasteiger partial charge in [0.25, 0.3) is 0 Å². The van der Waals surface area contributed by atoms with Gasteiger partial charge < -0.3 is 9.47 Å². The fraction of sp³-hybridized carbons (Fsp3) is 0.462. The molecule has 6 heteroatoms. The number of hydrogen-bond acceptors (Lipinski definition) is 5. The lowest BCUT2D eigenvalue weighted by molar-refractivity contribution is 0.174. The van der Waals surface area contributed by atoms with E-state index in [0.29, 0.717) is 11.5 Å². The Labute approximate surface area is 111 Å². The maximum atomic E-state index is 11.9. The van der Waals surface area contributed by atoms with Crippen molar-refractivity contribution in [3.05, 3.63) is 23.8 Å². The van der Waals surface area contributed by atoms with Crippen LogP contribution in [0.15, 0.2) is 18.2 Å². The first-order valence-electron chi connectivity index (χ1n) is 6.09. The molecule has 19 heavy (non-hydrogen) atoms. The first-order chi connectivity index (χ1) is 9.08. The van der Waals surface area contributed by atoms with Crippen LogP contribution in [-0.2, 0) is 9.84 Å². The van der Waals surface area contributed by atoms with Gasteiger partial charge in [-0.1, -0.05) is 13.0 Å². The maximum Gasteiger partial charge on any atom is 0.231 e. The number of hydrogen-bond donors (Lipinski definition) is 0. The Bertz CT molecular complexity index is 662. The van der Waals surface area contributed by atoms with Crippen LogP contribution in [0.2, 0.25) is 0 Å². The van der Waals surface area contributed by atoms with Crippen LogP contribution in [0, 0.1) is 17.2 Å². The van der Waals surface area contributed by atoms with Crippen molar-refractivity contribution in [2.24, 2.45) is 5.92 Å². The molecular weight excluding hydrogens is 266 g/mol. The van der Waals surface area contributed by atoms with E-state index < -0.39 is 21.0 Å². The summed E-state index contributed by atoms with van der Waals surface area (Å²) in [6, 6.07) is 7.45. The quantitative estimate of drug-likeness (QED) is 0.837. The summed E-state index contributed by atoms with van der Waals surface area (Å²) in [4.78, 5) is 0. The number of benzene rings is 1. The number of rotatable bonds is 3. The van der Waals surface area contributed by atoms with Crippen LogP contribution >= 0.6 is 0 Å². The van der Waals surface area contributed by atoms with Crippen molar-refractivity contribution in [2.75, 3.05) is 12.5 Å². The van der Waals surface area contributed by atoms with Crippen LogP contribution < -0.4 is 9.47 Å². The van der Waals surface area contributed by atoms with Crippen LogP contribution in [0.25, 0.3) is 0 Å². The van der Waals surface area contributed by atoms with Gasteiger partial charge in [0.05, 0.1) is 17.2 Å². The molecule has 1 aliphatic carbocycles. The third-order valence-corrected chi connectivity index (χ3v) is 5.92. The molecule has 0 N–H and O–H groups in total. The van der Waals surface area contributed by atoms with Crippen molar-refractivity contribution < 1.29 is 17.9 Å². The molecule has 0 aromatic heterocycles. The second-order valence-corrected chi connectivity index (χ2v) is 7.16. The molecule has 0 radical (unpaired) electrons. The van der Waals surface area contributed by atoms with Crippen LogP contribution in [-0.4, -0.2) is 26.2 Å². The molecule has 3 rings (SSSR count). The maximum absolute atomic E-state index is 11.9. The fourth-order valence-corrected chi connectivity index (χ4v) is 4.34. The zero-order valence-electron chi connectivity index (χ0n) is 10.4. The van der Waals surface area contributed by atoms with Gasteiger partial charge in [-0.25, -0.2) is 8.42 Å². The zero-order chi connectivity index (χ0) is 13.6. The van der Waals surface area contributed by atoms with Gasteiger partial charge in [0.2, 0.25) is 6.79 Å². The van der Waals surface area contributed by atoms with E-state index in [-0.39, 0.29) is 18.5 Å². The molecule has 2 aliphatic rings. The van der Waals surface area contributed by atoms with Crippen LogP contribution in [0.5, 0.6) is 11.5 Å². The topological polar surface area (TPSA) is 76.4 Å². The van der Waals surface area contributed by atoms with E-state index >= 15 is 0 Å². The summed E-state index contributed by atoms with van der Waals surface area (Å²) in [5.41, 5.74) is 0.831. The number of nitrogens with zero attached hydrogens (tertiary/aromatic N) is 1. The van der Waals surface area contributed by atoms with Gasteiger partial charge in [-0.2, -0.15) is 5.26 Å². The smallest absolute Gasteiger partial charge is 0.231 e. The molecule has 0 unspecified atom stereocenters. The Kier molecular flexibility index (Phi) is 2.68. The first kappa shape index (κ1) is 12.3. The third kappa shape index (κ3) is 1.85. The summed E-state index contributed by atoms with van der Waals surface area (Å²) >= 11 is 0. The van der Waals surface area contributed by atoms with E-state index in [9.17, 15) is 8.42 Å². The van der Waals surface area contributed by atoms with Crippen molar-refractivity contribution >= 4 is 9.84 Å². The van der Waals surface area contributed by atoms with Crippen LogP contribution in [0.4, 0.5) is 0 Å². The SMILES string of the molecule is CCS(=O)(=O)[C@H]1[C@H](C#N)[C@@H]1c1ccc2c(c1)OCO2. The van der Waals surface area contributed by atoms with Crippen molar-refractivity contribution in [3.8, 4) is 17.6 Å². The van der Waals surface area contributed by atoms with E-state index in [0.717, 1.165) is 5.56 Å². The van der Waals surface area contributed by atoms with E-state index in [1.54, 1.807) is 19.1 Å². The average molecular weight is 279 g/mol. The van der Waals surface area contributed by atoms with E-state index in [1.807, 2.05) is 6.07 Å². The average Bonchev–Trinajstić information content (AvgIpc) is 2.99. The summed E-state index contributed by atoms with van der Waals surface area (Å²) in [6.45, 7) is 1.79. The van der Waals surface area contributed by atoms with Gasteiger partial charge in [-0.3, -0.25) is 0 Å². The second kappa shape index (κ2) is 4.14. The molecule has 0 saturated heterocycles. The molecular formula is C13H13NO4S. The van der Waals surface area contributed by atoms with Gasteiger partial charge in [-0.05, 0) is 17.7 Å². The lowest BCUT2D eigenvalue weighted by Crippen LogP contribution is -2.12. The van der Waals surface area contributed by atoms with Crippen molar-refractivity contribution in [3.63, 3.8) is 0 Å². The minimum Gasteiger partial charge on any atom is -0.454 e. The molecule has 5 nitrogen and oxygen atoms in total. The standard InChI is InChI=1S/C13H13NO4S/c1-2-19(15,16)13-9(6-14)12(13)8-3-4-10-11(5-8)18-7-17-10/h3-5,9,12-13H,2,7H2,1H3/t9-,12+,13+/m1/s1. The lowest BCUT2D eigenvalue weighted by atomic mass is 10.1. The molecule has 1 heterocycles. The predicted molar refractivity (Wildman–Crippen MR) is 67.7 cm³/mol. The minimum atomic E-state index is -3.19. The summed E-state index contributed by atoms with van der Waals surface area (Å²) in [5.74, 6) is 0.646. The minimum absolute atomic E-state index is 0.0664. The Morgan fingerprint density at radius 3 is 2.79 bits per heavy atom. The fourth-order valence-electron chi connectivity index (χ4n) is 2.59. The Hall–Kier alpha value is -1.74. The Morgan fingerprint density at radius 1 is 1.37 bits per heavy atom. The molecule has 1 aliphatic heterocycles. The van der Waals surface area contributed by atoms with Gasteiger partial charge in [0.15, 0.2) is 21.3 Å². The number of fused-ring (bicyclic) bond motifs is 1. The van der Waals surface area contributed by atoms with Gasteiger partial charge in [0.1, 0.15) is 0 Å². The number of nitriles is 1. The molecule has 3 atom stereocenters. The second-order valence-electron chi connectivity index (χ2n) is 4.71. The summed E-state index contributed by atoms with van der Waals surface area (Å²) in [6.07, 6.45) is 0. The number of ether oxygens (including phenoxy) is 2. The van der Waals surface area contributed by atoms with E-state index in [1.165, 1.54) is 0 Å². The van der Waals surface area contributed by atoms with Crippen molar-refractivity contribution in [2.45, 2.75) is 18.1 Å². The largest absolute Gasteiger partial charge is 0.454 e. The Balaban J connectivity index is 1.94. The molecule has 1 saturated carbocycles. The van der Waals surface area contributed by atoms with E-state index in [2.05, 4.69) is 6.07 Å². The van der Waals surface area contributed by atoms with Gasteiger partial charge in [0, 0.05) is 11.7 Å². The first-order valence-corrected chi connectivity index (χ1v) is 7.80. The molecule has 1 fully saturated rings. The molecule has 0 amide bonds. The summed E-state index contributed by atoms with van der Waals surface area (Å²) in [7, 11) is -3.19. The highest BCUT2D eigenvalue weighted by molar-refractivity contribution is 7.92. The highest BCUT2D eigenvalue weighted by Crippen LogP contribution is 2.53. The normalized spacial score (nSPS) is 27.9. The summed E-state index contributed by atoms with van der Waals surface area (Å²) in [5, 5.41) is 8.51. The molecule has 0 spiro atoms. The van der Waals surface area contributed by atoms with Crippen molar-refractivity contribution in [1.29, 1.82) is 5.26 Å². The predicted octanol–water partition coefficient (Wildman–Crippen LogP) is 1.46. The molecule has 0 bridgehead atoms. The highest BCUT2D eigenvalue weighted by atomic mass is 32.2. The molecule has 1 aromatic carbocycles. The molecule has 1 aromatic rings.